The van der Waals surface area contributed by atoms with Crippen molar-refractivity contribution >= 4 is 0 Å². The van der Waals surface area contributed by atoms with Gasteiger partial charge in [0, 0.05) is 0 Å². The molecule has 0 atom stereocenters. The predicted octanol–water partition coefficient (Wildman–Crippen LogP) is 4.01. The number of hydrogen-bond donors (Lipinski definition) is 0. The Morgan fingerprint density at radius 1 is 0.792 bits per heavy atom. The average Bonchev–Trinajstić information content (AvgIpc) is 2.44. The van der Waals surface area contributed by atoms with Crippen molar-refractivity contribution in [2.75, 3.05) is 0 Å². The van der Waals surface area contributed by atoms with E-state index in [0.29, 0.717) is 25.7 Å². The van der Waals surface area contributed by atoms with Gasteiger partial charge >= 0.3 is 30.1 Å². The molecule has 24 heavy (non-hydrogen) atoms. The molecule has 0 radical (unpaired) electrons. The molecule has 1 heterocycles. The van der Waals surface area contributed by atoms with E-state index in [1.807, 2.05) is 0 Å². The van der Waals surface area contributed by atoms with Gasteiger partial charge < -0.3 is 4.74 Å². The van der Waals surface area contributed by atoms with Crippen molar-refractivity contribution in [2.24, 2.45) is 0 Å². The molecule has 136 valence electrons. The second-order valence-electron chi connectivity index (χ2n) is 5.24. The van der Waals surface area contributed by atoms with Crippen molar-refractivity contribution in [3.63, 3.8) is 0 Å². The highest BCUT2D eigenvalue weighted by molar-refractivity contribution is 5.13. The van der Waals surface area contributed by atoms with Crippen LogP contribution in [0.15, 0.2) is 0 Å². The van der Waals surface area contributed by atoms with Crippen molar-refractivity contribution in [3.8, 4) is 6.01 Å². The Morgan fingerprint density at radius 3 is 1.83 bits per heavy atom. The molecule has 1 aliphatic rings. The molecule has 0 N–H and O–H groups in total. The molecular formula is C12H11F8N3O. The molecule has 4 nitrogen and oxygen atoms in total. The molecule has 0 saturated heterocycles. The number of alkyl halides is 7. The standard InChI is InChI=1S/C12H11F8N3O/c13-8-21-7(10(14,11(15,16)17)12(18,19)20)22-9(23-8)24-6-4-2-1-3-5-6/h6H,1-5H2. The van der Waals surface area contributed by atoms with Crippen molar-refractivity contribution < 1.29 is 39.9 Å². The number of rotatable bonds is 3. The molecule has 1 saturated carbocycles. The third-order valence-electron chi connectivity index (χ3n) is 3.50. The minimum absolute atomic E-state index is 0.446. The quantitative estimate of drug-likeness (QED) is 0.760. The van der Waals surface area contributed by atoms with Crippen LogP contribution in [0.5, 0.6) is 6.01 Å². The highest BCUT2D eigenvalue weighted by atomic mass is 19.4. The Bertz CT molecular complexity index is 569. The summed E-state index contributed by atoms with van der Waals surface area (Å²) in [4.78, 5) is 7.87. The van der Waals surface area contributed by atoms with E-state index in [0.717, 1.165) is 6.42 Å². The lowest BCUT2D eigenvalue weighted by Gasteiger charge is -2.28. The second kappa shape index (κ2) is 6.28. The molecule has 0 spiro atoms. The van der Waals surface area contributed by atoms with Gasteiger partial charge in [0.05, 0.1) is 0 Å². The molecule has 0 aromatic carbocycles. The van der Waals surface area contributed by atoms with E-state index in [4.69, 9.17) is 4.74 Å². The summed E-state index contributed by atoms with van der Waals surface area (Å²) < 4.78 is 108. The third-order valence-corrected chi connectivity index (χ3v) is 3.50. The molecular weight excluding hydrogens is 354 g/mol. The zero-order valence-electron chi connectivity index (χ0n) is 11.9. The van der Waals surface area contributed by atoms with Gasteiger partial charge in [0.25, 0.3) is 0 Å². The van der Waals surface area contributed by atoms with Crippen LogP contribution in [0, 0.1) is 6.08 Å². The summed E-state index contributed by atoms with van der Waals surface area (Å²) in [7, 11) is 0. The first kappa shape index (κ1) is 18.6. The van der Waals surface area contributed by atoms with Crippen LogP contribution in [0.3, 0.4) is 0 Å². The molecule has 1 fully saturated rings. The molecule has 0 unspecified atom stereocenters. The van der Waals surface area contributed by atoms with Crippen LogP contribution in [0.4, 0.5) is 35.1 Å². The van der Waals surface area contributed by atoms with E-state index in [1.54, 1.807) is 0 Å². The number of ether oxygens (including phenoxy) is 1. The highest BCUT2D eigenvalue weighted by Crippen LogP contribution is 2.52. The third kappa shape index (κ3) is 3.51. The molecule has 0 amide bonds. The summed E-state index contributed by atoms with van der Waals surface area (Å²) in [6, 6.07) is -1.11. The summed E-state index contributed by atoms with van der Waals surface area (Å²) in [6.45, 7) is 0. The molecule has 0 aliphatic heterocycles. The smallest absolute Gasteiger partial charge is 0.439 e. The fraction of sp³-hybridized carbons (Fsp3) is 0.750. The summed E-state index contributed by atoms with van der Waals surface area (Å²) in [6.07, 6.45) is -12.3. The van der Waals surface area contributed by atoms with E-state index in [2.05, 4.69) is 15.0 Å². The normalized spacial score (nSPS) is 17.8. The maximum absolute atomic E-state index is 13.9. The molecule has 1 aliphatic carbocycles. The van der Waals surface area contributed by atoms with Crippen LogP contribution in [0.2, 0.25) is 0 Å². The Morgan fingerprint density at radius 2 is 1.33 bits per heavy atom. The van der Waals surface area contributed by atoms with E-state index in [9.17, 15) is 35.1 Å². The first-order valence-corrected chi connectivity index (χ1v) is 6.86. The van der Waals surface area contributed by atoms with Crippen LogP contribution in [0.25, 0.3) is 0 Å². The van der Waals surface area contributed by atoms with Crippen LogP contribution in [-0.2, 0) is 5.67 Å². The Labute approximate surface area is 130 Å². The summed E-state index contributed by atoms with van der Waals surface area (Å²) in [5.41, 5.74) is -5.94. The fourth-order valence-electron chi connectivity index (χ4n) is 2.28. The second-order valence-corrected chi connectivity index (χ2v) is 5.24. The van der Waals surface area contributed by atoms with Crippen LogP contribution in [-0.4, -0.2) is 33.4 Å². The number of halogens is 8. The lowest BCUT2D eigenvalue weighted by molar-refractivity contribution is -0.351. The zero-order valence-corrected chi connectivity index (χ0v) is 11.9. The number of hydrogen-bond acceptors (Lipinski definition) is 4. The predicted molar refractivity (Wildman–Crippen MR) is 62.2 cm³/mol. The molecule has 2 rings (SSSR count). The summed E-state index contributed by atoms with van der Waals surface area (Å²) in [5.74, 6) is -2.44. The molecule has 1 aromatic heterocycles. The lowest BCUT2D eigenvalue weighted by atomic mass is 9.98. The first-order chi connectivity index (χ1) is 10.9. The van der Waals surface area contributed by atoms with Crippen LogP contribution in [0.1, 0.15) is 37.9 Å². The topological polar surface area (TPSA) is 47.9 Å². The summed E-state index contributed by atoms with van der Waals surface area (Å²) in [5, 5.41) is 0. The maximum Gasteiger partial charge on any atom is 0.439 e. The summed E-state index contributed by atoms with van der Waals surface area (Å²) >= 11 is 0. The van der Waals surface area contributed by atoms with Gasteiger partial charge in [-0.2, -0.15) is 40.7 Å². The highest BCUT2D eigenvalue weighted by Gasteiger charge is 2.76. The van der Waals surface area contributed by atoms with Gasteiger partial charge in [0.1, 0.15) is 6.10 Å². The van der Waals surface area contributed by atoms with Gasteiger partial charge in [-0.1, -0.05) is 6.42 Å². The maximum atomic E-state index is 13.9. The fourth-order valence-corrected chi connectivity index (χ4v) is 2.28. The largest absolute Gasteiger partial charge is 0.460 e. The van der Waals surface area contributed by atoms with Gasteiger partial charge in [0.2, 0.25) is 0 Å². The minimum Gasteiger partial charge on any atom is -0.460 e. The Kier molecular flexibility index (Phi) is 4.86. The van der Waals surface area contributed by atoms with Gasteiger partial charge in [-0.25, -0.2) is 4.39 Å². The average molecular weight is 365 g/mol. The Hall–Kier alpha value is -1.75. The van der Waals surface area contributed by atoms with Crippen LogP contribution >= 0.6 is 0 Å². The van der Waals surface area contributed by atoms with Crippen molar-refractivity contribution in [3.05, 3.63) is 11.9 Å². The molecule has 1 aromatic rings. The Balaban J connectivity index is 2.41. The molecule has 12 heteroatoms. The van der Waals surface area contributed by atoms with E-state index in [1.165, 1.54) is 0 Å². The van der Waals surface area contributed by atoms with Crippen LogP contribution < -0.4 is 4.74 Å². The zero-order chi connectivity index (χ0) is 18.2. The van der Waals surface area contributed by atoms with Crippen molar-refractivity contribution in [1.82, 2.24) is 15.0 Å². The number of aromatic nitrogens is 3. The number of nitrogens with zero attached hydrogens (tertiary/aromatic N) is 3. The van der Waals surface area contributed by atoms with Gasteiger partial charge in [0.15, 0.2) is 5.82 Å². The lowest BCUT2D eigenvalue weighted by Crippen LogP contribution is -2.51. The SMILES string of the molecule is Fc1nc(OC2CCCCC2)nc(C(F)(C(F)(F)F)C(F)(F)F)n1. The van der Waals surface area contributed by atoms with Gasteiger partial charge in [-0.05, 0) is 25.7 Å². The van der Waals surface area contributed by atoms with E-state index >= 15 is 0 Å². The minimum atomic E-state index is -6.44. The van der Waals surface area contributed by atoms with E-state index < -0.39 is 42.0 Å². The van der Waals surface area contributed by atoms with Crippen molar-refractivity contribution in [2.45, 2.75) is 56.2 Å². The monoisotopic (exact) mass is 365 g/mol. The van der Waals surface area contributed by atoms with Gasteiger partial charge in [-0.3, -0.25) is 0 Å². The molecule has 0 bridgehead atoms. The van der Waals surface area contributed by atoms with E-state index in [-0.39, 0.29) is 0 Å². The van der Waals surface area contributed by atoms with Gasteiger partial charge in [-0.15, -0.1) is 4.98 Å². The van der Waals surface area contributed by atoms with Crippen molar-refractivity contribution in [1.29, 1.82) is 0 Å². The first-order valence-electron chi connectivity index (χ1n) is 6.86.